The lowest BCUT2D eigenvalue weighted by molar-refractivity contribution is 0.0958. The summed E-state index contributed by atoms with van der Waals surface area (Å²) < 4.78 is 2.04. The van der Waals surface area contributed by atoms with Gasteiger partial charge in [0.2, 0.25) is 0 Å². The number of carbonyl (C=O) groups excluding carboxylic acids is 1. The van der Waals surface area contributed by atoms with Gasteiger partial charge >= 0.3 is 0 Å². The summed E-state index contributed by atoms with van der Waals surface area (Å²) in [6, 6.07) is 8.06. The number of carbonyl (C=O) groups is 1. The van der Waals surface area contributed by atoms with Gasteiger partial charge in [-0.25, -0.2) is 4.68 Å². The number of aromatic nitrogens is 3. The molecule has 1 aliphatic rings. The molecule has 1 atom stereocenters. The van der Waals surface area contributed by atoms with E-state index < -0.39 is 0 Å². The van der Waals surface area contributed by atoms with Crippen molar-refractivity contribution < 1.29 is 4.79 Å². The molecule has 2 heterocycles. The maximum atomic E-state index is 12.6. The summed E-state index contributed by atoms with van der Waals surface area (Å²) in [4.78, 5) is 13.8. The topological polar surface area (TPSA) is 47.8 Å². The predicted octanol–water partition coefficient (Wildman–Crippen LogP) is 2.65. The first-order valence-electron chi connectivity index (χ1n) is 5.49. The molecule has 18 heavy (non-hydrogen) atoms. The van der Waals surface area contributed by atoms with Gasteiger partial charge in [-0.15, -0.1) is 16.9 Å². The number of aryl methyl sites for hydroxylation is 1. The first-order valence-corrected chi connectivity index (χ1v) is 7.27. The van der Waals surface area contributed by atoms with Crippen molar-refractivity contribution in [3.05, 3.63) is 40.1 Å². The van der Waals surface area contributed by atoms with Crippen molar-refractivity contribution in [1.29, 1.82) is 0 Å². The minimum atomic E-state index is -0.0975. The number of halogens is 1. The van der Waals surface area contributed by atoms with Gasteiger partial charge < -0.3 is 0 Å². The van der Waals surface area contributed by atoms with Gasteiger partial charge in [0.15, 0.2) is 10.4 Å². The van der Waals surface area contributed by atoms with Crippen LogP contribution in [-0.4, -0.2) is 26.5 Å². The molecule has 0 amide bonds. The zero-order chi connectivity index (χ0) is 12.7. The maximum Gasteiger partial charge on any atom is 0.192 e. The van der Waals surface area contributed by atoms with E-state index in [4.69, 9.17) is 0 Å². The van der Waals surface area contributed by atoms with Crippen molar-refractivity contribution in [2.24, 2.45) is 7.05 Å². The fourth-order valence-corrected chi connectivity index (χ4v) is 3.89. The Morgan fingerprint density at radius 3 is 3.00 bits per heavy atom. The van der Waals surface area contributed by atoms with Gasteiger partial charge in [0.25, 0.3) is 0 Å². The lowest BCUT2D eigenvalue weighted by Crippen LogP contribution is -2.16. The Balaban J connectivity index is 2.01. The molecule has 2 aromatic rings. The van der Waals surface area contributed by atoms with Crippen LogP contribution in [0.25, 0.3) is 0 Å². The normalized spacial score (nSPS) is 17.8. The fourth-order valence-electron chi connectivity index (χ4n) is 2.14. The highest BCUT2D eigenvalue weighted by atomic mass is 79.9. The summed E-state index contributed by atoms with van der Waals surface area (Å²) in [5, 5.41) is 7.72. The zero-order valence-corrected chi connectivity index (χ0v) is 12.0. The van der Waals surface area contributed by atoms with Crippen molar-refractivity contribution in [3.63, 3.8) is 0 Å². The third kappa shape index (κ3) is 1.80. The second kappa shape index (κ2) is 4.51. The molecule has 0 fully saturated rings. The number of thioether (sulfide) groups is 1. The van der Waals surface area contributed by atoms with E-state index in [1.165, 1.54) is 9.58 Å². The molecule has 0 saturated heterocycles. The minimum absolute atomic E-state index is 0.0758. The standard InChI is InChI=1S/C12H10BrN3OS/c1-16-10(12(13)14-15-16)11(17)8-6-18-9-5-3-2-4-7(8)9/h2-5,8H,6H2,1H3. The number of fused-ring (bicyclic) bond motifs is 1. The number of hydrogen-bond donors (Lipinski definition) is 0. The van der Waals surface area contributed by atoms with Crippen LogP contribution in [0.3, 0.4) is 0 Å². The van der Waals surface area contributed by atoms with Crippen LogP contribution in [0.2, 0.25) is 0 Å². The summed E-state index contributed by atoms with van der Waals surface area (Å²) in [5.74, 6) is 0.766. The van der Waals surface area contributed by atoms with Gasteiger partial charge in [-0.1, -0.05) is 23.4 Å². The average molecular weight is 324 g/mol. The van der Waals surface area contributed by atoms with Crippen LogP contribution in [0.5, 0.6) is 0 Å². The monoisotopic (exact) mass is 323 g/mol. The van der Waals surface area contributed by atoms with E-state index in [-0.39, 0.29) is 11.7 Å². The largest absolute Gasteiger partial charge is 0.292 e. The molecule has 0 spiro atoms. The number of Topliss-reactive ketones (excluding diaryl/α,β-unsaturated/α-hetero) is 1. The molecular formula is C12H10BrN3OS. The lowest BCUT2D eigenvalue weighted by Gasteiger charge is -2.09. The van der Waals surface area contributed by atoms with E-state index in [1.807, 2.05) is 18.2 Å². The molecule has 0 saturated carbocycles. The highest BCUT2D eigenvalue weighted by Crippen LogP contribution is 2.41. The molecular weight excluding hydrogens is 314 g/mol. The van der Waals surface area contributed by atoms with E-state index in [2.05, 4.69) is 32.3 Å². The van der Waals surface area contributed by atoms with Crippen LogP contribution < -0.4 is 0 Å². The van der Waals surface area contributed by atoms with Crippen LogP contribution in [0.4, 0.5) is 0 Å². The molecule has 1 aromatic heterocycles. The number of nitrogens with zero attached hydrogens (tertiary/aromatic N) is 3. The van der Waals surface area contributed by atoms with Crippen LogP contribution in [0.15, 0.2) is 33.8 Å². The molecule has 92 valence electrons. The Hall–Kier alpha value is -1.14. The van der Waals surface area contributed by atoms with Gasteiger partial charge in [0, 0.05) is 17.7 Å². The van der Waals surface area contributed by atoms with Gasteiger partial charge in [-0.05, 0) is 27.6 Å². The maximum absolute atomic E-state index is 12.6. The fraction of sp³-hybridized carbons (Fsp3) is 0.250. The minimum Gasteiger partial charge on any atom is -0.292 e. The summed E-state index contributed by atoms with van der Waals surface area (Å²) in [5.41, 5.74) is 1.65. The molecule has 0 bridgehead atoms. The highest BCUT2D eigenvalue weighted by molar-refractivity contribution is 9.10. The van der Waals surface area contributed by atoms with E-state index in [9.17, 15) is 4.79 Å². The molecule has 1 aromatic carbocycles. The van der Waals surface area contributed by atoms with Crippen molar-refractivity contribution in [1.82, 2.24) is 15.0 Å². The molecule has 0 aliphatic carbocycles. The van der Waals surface area contributed by atoms with Gasteiger partial charge in [0.1, 0.15) is 5.69 Å². The Morgan fingerprint density at radius 1 is 1.50 bits per heavy atom. The quantitative estimate of drug-likeness (QED) is 0.797. The Labute approximate surface area is 117 Å². The number of ketones is 1. The van der Waals surface area contributed by atoms with Crippen molar-refractivity contribution in [2.75, 3.05) is 5.75 Å². The van der Waals surface area contributed by atoms with E-state index >= 15 is 0 Å². The molecule has 3 rings (SSSR count). The Kier molecular flexibility index (Phi) is 2.99. The highest BCUT2D eigenvalue weighted by Gasteiger charge is 2.32. The van der Waals surface area contributed by atoms with Gasteiger partial charge in [-0.2, -0.15) is 0 Å². The first kappa shape index (κ1) is 11.9. The summed E-state index contributed by atoms with van der Waals surface area (Å²) >= 11 is 5.01. The SMILES string of the molecule is Cn1nnc(Br)c1C(=O)C1CSc2ccccc21. The van der Waals surface area contributed by atoms with Gasteiger partial charge in [-0.3, -0.25) is 4.79 Å². The van der Waals surface area contributed by atoms with Gasteiger partial charge in [0.05, 0.1) is 5.92 Å². The van der Waals surface area contributed by atoms with Crippen LogP contribution in [0, 0.1) is 0 Å². The zero-order valence-electron chi connectivity index (χ0n) is 9.63. The average Bonchev–Trinajstić information content (AvgIpc) is 2.93. The number of rotatable bonds is 2. The molecule has 1 aliphatic heterocycles. The number of hydrogen-bond acceptors (Lipinski definition) is 4. The third-order valence-corrected chi connectivity index (χ3v) is 4.75. The number of benzene rings is 1. The molecule has 0 N–H and O–H groups in total. The first-order chi connectivity index (χ1) is 8.68. The Morgan fingerprint density at radius 2 is 2.28 bits per heavy atom. The van der Waals surface area contributed by atoms with Crippen LogP contribution >= 0.6 is 27.7 Å². The summed E-state index contributed by atoms with van der Waals surface area (Å²) in [6.45, 7) is 0. The van der Waals surface area contributed by atoms with Crippen molar-refractivity contribution in [2.45, 2.75) is 10.8 Å². The smallest absolute Gasteiger partial charge is 0.192 e. The van der Waals surface area contributed by atoms with Crippen molar-refractivity contribution in [3.8, 4) is 0 Å². The van der Waals surface area contributed by atoms with E-state index in [0.29, 0.717) is 10.3 Å². The van der Waals surface area contributed by atoms with E-state index in [0.717, 1.165) is 11.3 Å². The molecule has 6 heteroatoms. The van der Waals surface area contributed by atoms with Crippen LogP contribution in [-0.2, 0) is 7.05 Å². The Bertz CT molecular complexity index is 606. The van der Waals surface area contributed by atoms with Crippen molar-refractivity contribution >= 4 is 33.5 Å². The second-order valence-electron chi connectivity index (χ2n) is 4.12. The lowest BCUT2D eigenvalue weighted by atomic mass is 9.95. The molecule has 0 radical (unpaired) electrons. The molecule has 4 nitrogen and oxygen atoms in total. The van der Waals surface area contributed by atoms with E-state index in [1.54, 1.807) is 18.8 Å². The summed E-state index contributed by atoms with van der Waals surface area (Å²) in [6.07, 6.45) is 0. The molecule has 1 unspecified atom stereocenters. The third-order valence-electron chi connectivity index (χ3n) is 3.04. The second-order valence-corrected chi connectivity index (χ2v) is 5.93. The summed E-state index contributed by atoms with van der Waals surface area (Å²) in [7, 11) is 1.74. The predicted molar refractivity (Wildman–Crippen MR) is 72.9 cm³/mol. The van der Waals surface area contributed by atoms with Crippen LogP contribution in [0.1, 0.15) is 22.0 Å².